The molecule has 3 heterocycles. The number of amides is 1. The van der Waals surface area contributed by atoms with Crippen LogP contribution in [-0.4, -0.2) is 42.4 Å². The second kappa shape index (κ2) is 8.35. The summed E-state index contributed by atoms with van der Waals surface area (Å²) in [7, 11) is 0. The molecule has 0 atom stereocenters. The van der Waals surface area contributed by atoms with E-state index in [2.05, 4.69) is 25.7 Å². The smallest absolute Gasteiger partial charge is 0.227 e. The summed E-state index contributed by atoms with van der Waals surface area (Å²) in [5.41, 5.74) is 2.81. The molecule has 1 aromatic carbocycles. The highest BCUT2D eigenvalue weighted by Gasteiger charge is 2.21. The third kappa shape index (κ3) is 4.54. The molecule has 2 aliphatic heterocycles. The van der Waals surface area contributed by atoms with Crippen molar-refractivity contribution in [1.29, 1.82) is 0 Å². The number of aromatic nitrogens is 2. The van der Waals surface area contributed by atoms with Crippen LogP contribution in [0.25, 0.3) is 0 Å². The molecule has 2 fully saturated rings. The lowest BCUT2D eigenvalue weighted by Gasteiger charge is -2.21. The zero-order valence-corrected chi connectivity index (χ0v) is 15.4. The average molecular weight is 367 g/mol. The van der Waals surface area contributed by atoms with E-state index in [4.69, 9.17) is 4.74 Å². The van der Waals surface area contributed by atoms with Gasteiger partial charge in [-0.3, -0.25) is 4.79 Å². The standard InChI is InChI=1S/C20H25N5O2/c26-20(15-7-11-27-12-8-15)23-17-5-3-16(4-6-17)22-19-13-18(14-21-24-19)25-9-1-2-10-25/h3-6,13-15H,1-2,7-12H2,(H,22,24)(H,23,26). The first kappa shape index (κ1) is 17.7. The Labute approximate surface area is 159 Å². The third-order valence-corrected chi connectivity index (χ3v) is 5.13. The van der Waals surface area contributed by atoms with Crippen LogP contribution in [0.3, 0.4) is 0 Å². The molecule has 0 spiro atoms. The van der Waals surface area contributed by atoms with Gasteiger partial charge in [0.25, 0.3) is 0 Å². The largest absolute Gasteiger partial charge is 0.381 e. The fourth-order valence-electron chi connectivity index (χ4n) is 3.55. The number of anilines is 4. The van der Waals surface area contributed by atoms with Gasteiger partial charge in [-0.05, 0) is 49.9 Å². The molecule has 2 aliphatic rings. The zero-order chi connectivity index (χ0) is 18.5. The molecule has 0 unspecified atom stereocenters. The number of benzene rings is 1. The van der Waals surface area contributed by atoms with Gasteiger partial charge in [0.15, 0.2) is 5.82 Å². The van der Waals surface area contributed by atoms with Gasteiger partial charge in [0, 0.05) is 49.7 Å². The molecule has 4 rings (SSSR count). The molecule has 27 heavy (non-hydrogen) atoms. The van der Waals surface area contributed by atoms with Gasteiger partial charge in [-0.1, -0.05) is 0 Å². The number of ether oxygens (including phenoxy) is 1. The predicted octanol–water partition coefficient (Wildman–Crippen LogP) is 3.19. The highest BCUT2D eigenvalue weighted by Crippen LogP contribution is 2.24. The minimum absolute atomic E-state index is 0.0418. The minimum Gasteiger partial charge on any atom is -0.381 e. The van der Waals surface area contributed by atoms with Gasteiger partial charge in [0.2, 0.25) is 5.91 Å². The van der Waals surface area contributed by atoms with Crippen LogP contribution in [0.2, 0.25) is 0 Å². The average Bonchev–Trinajstić information content (AvgIpc) is 3.25. The number of rotatable bonds is 5. The van der Waals surface area contributed by atoms with Crippen LogP contribution in [0.15, 0.2) is 36.5 Å². The van der Waals surface area contributed by atoms with E-state index in [0.717, 1.165) is 48.8 Å². The molecule has 0 saturated carbocycles. The van der Waals surface area contributed by atoms with Gasteiger partial charge in [0.05, 0.1) is 11.9 Å². The summed E-state index contributed by atoms with van der Waals surface area (Å²) in [4.78, 5) is 14.6. The van der Waals surface area contributed by atoms with Crippen molar-refractivity contribution in [2.45, 2.75) is 25.7 Å². The van der Waals surface area contributed by atoms with Crippen LogP contribution in [0.4, 0.5) is 22.9 Å². The Morgan fingerprint density at radius 1 is 1.07 bits per heavy atom. The van der Waals surface area contributed by atoms with Crippen molar-refractivity contribution in [3.05, 3.63) is 36.5 Å². The molecule has 2 aromatic rings. The monoisotopic (exact) mass is 367 g/mol. The number of nitrogens with one attached hydrogen (secondary N) is 2. The van der Waals surface area contributed by atoms with Crippen molar-refractivity contribution < 1.29 is 9.53 Å². The lowest BCUT2D eigenvalue weighted by molar-refractivity contribution is -0.122. The van der Waals surface area contributed by atoms with Gasteiger partial charge < -0.3 is 20.3 Å². The van der Waals surface area contributed by atoms with Crippen molar-refractivity contribution in [3.63, 3.8) is 0 Å². The molecule has 7 nitrogen and oxygen atoms in total. The van der Waals surface area contributed by atoms with Gasteiger partial charge in [-0.15, -0.1) is 5.10 Å². The summed E-state index contributed by atoms with van der Waals surface area (Å²) in [6.45, 7) is 3.48. The van der Waals surface area contributed by atoms with Gasteiger partial charge in [-0.2, -0.15) is 5.10 Å². The number of hydrogen-bond donors (Lipinski definition) is 2. The number of hydrogen-bond acceptors (Lipinski definition) is 6. The summed E-state index contributed by atoms with van der Waals surface area (Å²) in [6, 6.07) is 9.70. The second-order valence-electron chi connectivity index (χ2n) is 7.07. The van der Waals surface area contributed by atoms with E-state index in [1.165, 1.54) is 12.8 Å². The Hall–Kier alpha value is -2.67. The number of carbonyl (C=O) groups is 1. The molecule has 2 saturated heterocycles. The predicted molar refractivity (Wildman–Crippen MR) is 105 cm³/mol. The minimum atomic E-state index is 0.0418. The molecule has 142 valence electrons. The molecule has 0 aliphatic carbocycles. The fourth-order valence-corrected chi connectivity index (χ4v) is 3.55. The van der Waals surface area contributed by atoms with Crippen molar-refractivity contribution >= 4 is 28.8 Å². The van der Waals surface area contributed by atoms with E-state index in [1.807, 2.05) is 36.5 Å². The quantitative estimate of drug-likeness (QED) is 0.845. The van der Waals surface area contributed by atoms with Crippen LogP contribution in [-0.2, 0) is 9.53 Å². The van der Waals surface area contributed by atoms with E-state index in [-0.39, 0.29) is 11.8 Å². The highest BCUT2D eigenvalue weighted by atomic mass is 16.5. The number of nitrogens with zero attached hydrogens (tertiary/aromatic N) is 3. The summed E-state index contributed by atoms with van der Waals surface area (Å²) in [6.07, 6.45) is 5.85. The van der Waals surface area contributed by atoms with Gasteiger partial charge in [-0.25, -0.2) is 0 Å². The van der Waals surface area contributed by atoms with Crippen molar-refractivity contribution in [2.24, 2.45) is 5.92 Å². The van der Waals surface area contributed by atoms with Crippen molar-refractivity contribution in [2.75, 3.05) is 41.8 Å². The van der Waals surface area contributed by atoms with E-state index >= 15 is 0 Å². The SMILES string of the molecule is O=C(Nc1ccc(Nc2cc(N3CCCC3)cnn2)cc1)C1CCOCC1. The van der Waals surface area contributed by atoms with Gasteiger partial charge in [0.1, 0.15) is 0 Å². The Morgan fingerprint density at radius 3 is 2.52 bits per heavy atom. The first-order valence-electron chi connectivity index (χ1n) is 9.61. The van der Waals surface area contributed by atoms with E-state index in [1.54, 1.807) is 0 Å². The van der Waals surface area contributed by atoms with Crippen molar-refractivity contribution in [1.82, 2.24) is 10.2 Å². The van der Waals surface area contributed by atoms with E-state index in [0.29, 0.717) is 13.2 Å². The maximum atomic E-state index is 12.3. The lowest BCUT2D eigenvalue weighted by Crippen LogP contribution is -2.28. The first-order valence-corrected chi connectivity index (χ1v) is 9.61. The molecule has 2 N–H and O–H groups in total. The second-order valence-corrected chi connectivity index (χ2v) is 7.07. The summed E-state index contributed by atoms with van der Waals surface area (Å²) < 4.78 is 5.31. The molecular formula is C20H25N5O2. The summed E-state index contributed by atoms with van der Waals surface area (Å²) in [5, 5.41) is 14.6. The van der Waals surface area contributed by atoms with E-state index < -0.39 is 0 Å². The Kier molecular flexibility index (Phi) is 5.48. The molecule has 1 amide bonds. The number of carbonyl (C=O) groups excluding carboxylic acids is 1. The maximum absolute atomic E-state index is 12.3. The molecule has 0 bridgehead atoms. The summed E-state index contributed by atoms with van der Waals surface area (Å²) >= 11 is 0. The molecular weight excluding hydrogens is 342 g/mol. The Morgan fingerprint density at radius 2 is 1.78 bits per heavy atom. The van der Waals surface area contributed by atoms with E-state index in [9.17, 15) is 4.79 Å². The Bertz CT molecular complexity index is 768. The van der Waals surface area contributed by atoms with Crippen LogP contribution >= 0.6 is 0 Å². The summed E-state index contributed by atoms with van der Waals surface area (Å²) in [5.74, 6) is 0.835. The first-order chi connectivity index (χ1) is 13.3. The fraction of sp³-hybridized carbons (Fsp3) is 0.450. The maximum Gasteiger partial charge on any atom is 0.227 e. The van der Waals surface area contributed by atoms with Crippen LogP contribution in [0.1, 0.15) is 25.7 Å². The lowest BCUT2D eigenvalue weighted by atomic mass is 9.99. The van der Waals surface area contributed by atoms with Crippen LogP contribution < -0.4 is 15.5 Å². The molecule has 0 radical (unpaired) electrons. The van der Waals surface area contributed by atoms with Crippen LogP contribution in [0.5, 0.6) is 0 Å². The third-order valence-electron chi connectivity index (χ3n) is 5.13. The highest BCUT2D eigenvalue weighted by molar-refractivity contribution is 5.92. The normalized spacial score (nSPS) is 17.7. The van der Waals surface area contributed by atoms with Crippen LogP contribution in [0, 0.1) is 5.92 Å². The molecule has 7 heteroatoms. The Balaban J connectivity index is 1.36. The topological polar surface area (TPSA) is 79.4 Å². The molecule has 1 aromatic heterocycles. The van der Waals surface area contributed by atoms with Crippen molar-refractivity contribution in [3.8, 4) is 0 Å². The van der Waals surface area contributed by atoms with Gasteiger partial charge >= 0.3 is 0 Å². The zero-order valence-electron chi connectivity index (χ0n) is 15.4.